The molecular weight excluding hydrogens is 515 g/mol. The fourth-order valence-electron chi connectivity index (χ4n) is 3.90. The van der Waals surface area contributed by atoms with Crippen LogP contribution in [0.4, 0.5) is 13.2 Å². The molecule has 4 rings (SSSR count). The van der Waals surface area contributed by atoms with Gasteiger partial charge < -0.3 is 23.9 Å². The molecule has 0 fully saturated rings. The number of benzene rings is 3. The number of nitrogens with zero attached hydrogens (tertiary/aromatic N) is 1. The van der Waals surface area contributed by atoms with Crippen LogP contribution in [0.25, 0.3) is 16.6 Å². The van der Waals surface area contributed by atoms with Crippen molar-refractivity contribution in [1.29, 1.82) is 0 Å². The molecule has 7 nitrogen and oxygen atoms in total. The van der Waals surface area contributed by atoms with Gasteiger partial charge >= 0.3 is 18.3 Å². The van der Waals surface area contributed by atoms with E-state index >= 15 is 0 Å². The van der Waals surface area contributed by atoms with Crippen molar-refractivity contribution in [3.63, 3.8) is 0 Å². The Hall–Kier alpha value is -4.18. The van der Waals surface area contributed by atoms with Crippen LogP contribution in [-0.2, 0) is 16.0 Å². The maximum atomic E-state index is 12.6. The van der Waals surface area contributed by atoms with E-state index in [4.69, 9.17) is 21.1 Å². The summed E-state index contributed by atoms with van der Waals surface area (Å²) in [7, 11) is 0. The zero-order valence-electron chi connectivity index (χ0n) is 19.2. The molecule has 0 spiro atoms. The quantitative estimate of drug-likeness (QED) is 0.251. The second-order valence-corrected chi connectivity index (χ2v) is 8.16. The highest BCUT2D eigenvalue weighted by molar-refractivity contribution is 6.30. The lowest BCUT2D eigenvalue weighted by molar-refractivity contribution is -0.274. The molecule has 3 aromatic carbocycles. The van der Waals surface area contributed by atoms with Gasteiger partial charge in [0.2, 0.25) is 0 Å². The van der Waals surface area contributed by atoms with Crippen LogP contribution in [0.1, 0.15) is 23.0 Å². The zero-order chi connectivity index (χ0) is 26.7. The molecule has 1 N–H and O–H groups in total. The highest BCUT2D eigenvalue weighted by atomic mass is 35.5. The lowest BCUT2D eigenvalue weighted by Gasteiger charge is -2.13. The monoisotopic (exact) mass is 533 g/mol. The second kappa shape index (κ2) is 10.4. The van der Waals surface area contributed by atoms with E-state index in [1.165, 1.54) is 22.8 Å². The Bertz CT molecular complexity index is 1460. The third-order valence-electron chi connectivity index (χ3n) is 5.23. The first-order chi connectivity index (χ1) is 17.6. The summed E-state index contributed by atoms with van der Waals surface area (Å²) in [6.45, 7) is 1.70. The van der Waals surface area contributed by atoms with Crippen LogP contribution in [0.3, 0.4) is 0 Å². The molecule has 1 aromatic heterocycles. The minimum atomic E-state index is -4.87. The van der Waals surface area contributed by atoms with Gasteiger partial charge in [0.25, 0.3) is 0 Å². The first kappa shape index (κ1) is 25.9. The van der Waals surface area contributed by atoms with Crippen LogP contribution in [0.15, 0.2) is 66.7 Å². The summed E-state index contributed by atoms with van der Waals surface area (Å²) in [5.74, 6) is -1.68. The van der Waals surface area contributed by atoms with Crippen LogP contribution in [0.5, 0.6) is 17.2 Å². The third kappa shape index (κ3) is 5.97. The van der Waals surface area contributed by atoms with Crippen LogP contribution in [-0.4, -0.2) is 34.6 Å². The van der Waals surface area contributed by atoms with Crippen molar-refractivity contribution in [2.24, 2.45) is 0 Å². The number of esters is 1. The van der Waals surface area contributed by atoms with Gasteiger partial charge in [-0.2, -0.15) is 0 Å². The highest BCUT2D eigenvalue weighted by Crippen LogP contribution is 2.35. The Morgan fingerprint density at radius 3 is 2.27 bits per heavy atom. The van der Waals surface area contributed by atoms with E-state index in [-0.39, 0.29) is 23.3 Å². The van der Waals surface area contributed by atoms with Crippen molar-refractivity contribution in [3.05, 3.63) is 83.0 Å². The number of fused-ring (bicyclic) bond motifs is 1. The molecule has 0 aliphatic heterocycles. The number of carbonyl (C=O) groups is 2. The number of aromatic carboxylic acids is 1. The Balaban J connectivity index is 1.87. The van der Waals surface area contributed by atoms with Gasteiger partial charge in [-0.15, -0.1) is 13.2 Å². The molecule has 0 aliphatic carbocycles. The van der Waals surface area contributed by atoms with Crippen molar-refractivity contribution in [2.75, 3.05) is 6.61 Å². The van der Waals surface area contributed by atoms with E-state index < -0.39 is 30.5 Å². The van der Waals surface area contributed by atoms with Gasteiger partial charge in [-0.25, -0.2) is 4.79 Å². The van der Waals surface area contributed by atoms with E-state index in [1.807, 2.05) is 0 Å². The van der Waals surface area contributed by atoms with Crippen molar-refractivity contribution in [3.8, 4) is 22.9 Å². The van der Waals surface area contributed by atoms with Gasteiger partial charge in [0, 0.05) is 21.8 Å². The maximum absolute atomic E-state index is 12.6. The first-order valence-corrected chi connectivity index (χ1v) is 11.3. The standard InChI is InChI=1S/C26H19ClF3NO6/c1-2-35-23(32)14-22-24(25(33)34)20-13-19(36-18-5-3-4-15(27)12-18)10-11-21(20)31(22)16-6-8-17(9-7-16)37-26(28,29)30/h3-13H,2,14H2,1H3,(H,33,34). The first-order valence-electron chi connectivity index (χ1n) is 10.9. The molecule has 1 heterocycles. The molecular formula is C26H19ClF3NO6. The molecule has 37 heavy (non-hydrogen) atoms. The molecule has 0 amide bonds. The average molecular weight is 534 g/mol. The molecule has 192 valence electrons. The molecule has 0 atom stereocenters. The maximum Gasteiger partial charge on any atom is 0.573 e. The number of carboxylic acids is 1. The number of hydrogen-bond acceptors (Lipinski definition) is 5. The highest BCUT2D eigenvalue weighted by Gasteiger charge is 2.31. The lowest BCUT2D eigenvalue weighted by atomic mass is 10.1. The molecule has 4 aromatic rings. The summed E-state index contributed by atoms with van der Waals surface area (Å²) < 4.78 is 54.1. The number of rotatable bonds is 8. The van der Waals surface area contributed by atoms with Crippen LogP contribution >= 0.6 is 11.6 Å². The Labute approximate surface area is 213 Å². The predicted molar refractivity (Wildman–Crippen MR) is 129 cm³/mol. The summed E-state index contributed by atoms with van der Waals surface area (Å²) in [6, 6.07) is 16.2. The number of hydrogen-bond donors (Lipinski definition) is 1. The van der Waals surface area contributed by atoms with Crippen molar-refractivity contribution in [1.82, 2.24) is 4.57 Å². The Morgan fingerprint density at radius 2 is 1.65 bits per heavy atom. The average Bonchev–Trinajstić information content (AvgIpc) is 3.11. The van der Waals surface area contributed by atoms with Gasteiger partial charge in [-0.1, -0.05) is 17.7 Å². The minimum Gasteiger partial charge on any atom is -0.478 e. The smallest absolute Gasteiger partial charge is 0.478 e. The number of alkyl halides is 3. The van der Waals surface area contributed by atoms with Crippen LogP contribution in [0.2, 0.25) is 5.02 Å². The van der Waals surface area contributed by atoms with Crippen molar-refractivity contribution >= 4 is 34.4 Å². The van der Waals surface area contributed by atoms with Crippen LogP contribution in [0, 0.1) is 0 Å². The van der Waals surface area contributed by atoms with E-state index in [9.17, 15) is 27.9 Å². The molecule has 0 saturated carbocycles. The van der Waals surface area contributed by atoms with Gasteiger partial charge in [0.1, 0.15) is 17.2 Å². The van der Waals surface area contributed by atoms with Gasteiger partial charge in [-0.3, -0.25) is 4.79 Å². The van der Waals surface area contributed by atoms with Crippen LogP contribution < -0.4 is 9.47 Å². The SMILES string of the molecule is CCOC(=O)Cc1c(C(=O)O)c2cc(Oc3cccc(Cl)c3)ccc2n1-c1ccc(OC(F)(F)F)cc1. The minimum absolute atomic E-state index is 0.0859. The predicted octanol–water partition coefficient (Wildman–Crippen LogP) is 6.78. The molecule has 11 heteroatoms. The lowest BCUT2D eigenvalue weighted by Crippen LogP contribution is -2.17. The summed E-state index contributed by atoms with van der Waals surface area (Å²) in [4.78, 5) is 24.8. The number of aromatic nitrogens is 1. The number of carboxylic acid groups (broad SMARTS) is 1. The molecule has 0 radical (unpaired) electrons. The summed E-state index contributed by atoms with van der Waals surface area (Å²) in [5.41, 5.74) is 0.620. The van der Waals surface area contributed by atoms with Crippen molar-refractivity contribution < 1.29 is 42.1 Å². The van der Waals surface area contributed by atoms with Gasteiger partial charge in [0.15, 0.2) is 0 Å². The normalized spacial score (nSPS) is 11.4. The van der Waals surface area contributed by atoms with E-state index in [2.05, 4.69) is 4.74 Å². The van der Waals surface area contributed by atoms with E-state index in [0.717, 1.165) is 12.1 Å². The molecule has 0 saturated heterocycles. The largest absolute Gasteiger partial charge is 0.573 e. The van der Waals surface area contributed by atoms with Crippen molar-refractivity contribution in [2.45, 2.75) is 19.7 Å². The fourth-order valence-corrected chi connectivity index (χ4v) is 4.08. The van der Waals surface area contributed by atoms with E-state index in [1.54, 1.807) is 43.3 Å². The number of ether oxygens (including phenoxy) is 3. The van der Waals surface area contributed by atoms with Gasteiger partial charge in [0.05, 0.1) is 24.1 Å². The van der Waals surface area contributed by atoms with E-state index in [0.29, 0.717) is 27.7 Å². The summed E-state index contributed by atoms with van der Waals surface area (Å²) in [6.07, 6.45) is -5.26. The Morgan fingerprint density at radius 1 is 0.973 bits per heavy atom. The topological polar surface area (TPSA) is 87.0 Å². The molecule has 0 bridgehead atoms. The third-order valence-corrected chi connectivity index (χ3v) is 5.46. The second-order valence-electron chi connectivity index (χ2n) is 7.72. The molecule has 0 unspecified atom stereocenters. The number of halogens is 4. The fraction of sp³-hybridized carbons (Fsp3) is 0.154. The molecule has 0 aliphatic rings. The summed E-state index contributed by atoms with van der Waals surface area (Å²) >= 11 is 6.01. The Kier molecular flexibility index (Phi) is 7.30. The number of carbonyl (C=O) groups excluding carboxylic acids is 1. The summed E-state index contributed by atoms with van der Waals surface area (Å²) in [5, 5.41) is 10.8. The van der Waals surface area contributed by atoms with Gasteiger partial charge in [-0.05, 0) is 67.6 Å². The zero-order valence-corrected chi connectivity index (χ0v) is 20.0.